The Hall–Kier alpha value is -3.60. The van der Waals surface area contributed by atoms with Crippen LogP contribution in [-0.4, -0.2) is 40.4 Å². The first kappa shape index (κ1) is 22.1. The maximum atomic E-state index is 12.8. The van der Waals surface area contributed by atoms with Crippen molar-refractivity contribution in [2.24, 2.45) is 11.7 Å². The Bertz CT molecular complexity index is 1190. The minimum atomic E-state index is -0.922. The maximum Gasteiger partial charge on any atom is 0.331 e. The molecule has 164 valence electrons. The van der Waals surface area contributed by atoms with E-state index in [1.165, 1.54) is 4.80 Å². The number of aromatic nitrogens is 6. The maximum absolute atomic E-state index is 12.8. The summed E-state index contributed by atoms with van der Waals surface area (Å²) in [6.45, 7) is 5.75. The van der Waals surface area contributed by atoms with Crippen molar-refractivity contribution >= 4 is 5.91 Å². The number of hydrogen-bond acceptors (Lipinski definition) is 7. The summed E-state index contributed by atoms with van der Waals surface area (Å²) < 4.78 is 2.14. The second-order valence-electron chi connectivity index (χ2n) is 7.81. The van der Waals surface area contributed by atoms with Crippen molar-refractivity contribution in [2.45, 2.75) is 46.5 Å². The molecule has 11 heteroatoms. The van der Waals surface area contributed by atoms with Gasteiger partial charge < -0.3 is 10.8 Å². The minimum absolute atomic E-state index is 0.00392. The molecule has 1 atom stereocenters. The molecule has 0 saturated heterocycles. The number of aliphatic hydroxyl groups excluding tert-OH is 1. The first-order chi connectivity index (χ1) is 14.7. The highest BCUT2D eigenvalue weighted by atomic mass is 16.3. The van der Waals surface area contributed by atoms with E-state index in [0.29, 0.717) is 5.56 Å². The van der Waals surface area contributed by atoms with Gasteiger partial charge in [0.2, 0.25) is 0 Å². The fraction of sp³-hybridized carbons (Fsp3) is 0.400. The molecular formula is C20H25N7O4. The smallest absolute Gasteiger partial charge is 0.331 e. The number of carbonyl (C=O) groups is 1. The molecule has 3 N–H and O–H groups in total. The molecule has 1 amide bonds. The quantitative estimate of drug-likeness (QED) is 0.507. The summed E-state index contributed by atoms with van der Waals surface area (Å²) in [4.78, 5) is 38.1. The van der Waals surface area contributed by atoms with Gasteiger partial charge in [0, 0.05) is 12.7 Å². The predicted molar refractivity (Wildman–Crippen MR) is 111 cm³/mol. The Morgan fingerprint density at radius 2 is 1.84 bits per heavy atom. The lowest BCUT2D eigenvalue weighted by atomic mass is 10.1. The van der Waals surface area contributed by atoms with Crippen LogP contribution in [0.15, 0.2) is 40.1 Å². The first-order valence-electron chi connectivity index (χ1n) is 9.81. The number of aryl methyl sites for hydroxylation is 1. The Labute approximate surface area is 177 Å². The van der Waals surface area contributed by atoms with E-state index in [9.17, 15) is 19.5 Å². The van der Waals surface area contributed by atoms with Crippen LogP contribution in [0.3, 0.4) is 0 Å². The van der Waals surface area contributed by atoms with Gasteiger partial charge in [-0.05, 0) is 23.6 Å². The highest BCUT2D eigenvalue weighted by Gasteiger charge is 2.18. The molecular weight excluding hydrogens is 402 g/mol. The van der Waals surface area contributed by atoms with Gasteiger partial charge in [-0.2, -0.15) is 4.80 Å². The Balaban J connectivity index is 1.84. The van der Waals surface area contributed by atoms with Crippen LogP contribution in [0.25, 0.3) is 0 Å². The van der Waals surface area contributed by atoms with Gasteiger partial charge in [0.1, 0.15) is 11.7 Å². The van der Waals surface area contributed by atoms with E-state index in [0.717, 1.165) is 20.9 Å². The van der Waals surface area contributed by atoms with Crippen molar-refractivity contribution in [3.05, 3.63) is 73.8 Å². The highest BCUT2D eigenvalue weighted by molar-refractivity contribution is 5.92. The van der Waals surface area contributed by atoms with E-state index in [2.05, 4.69) is 15.4 Å². The topological polar surface area (TPSA) is 151 Å². The van der Waals surface area contributed by atoms with E-state index >= 15 is 0 Å². The third kappa shape index (κ3) is 5.12. The van der Waals surface area contributed by atoms with Crippen molar-refractivity contribution in [2.75, 3.05) is 0 Å². The van der Waals surface area contributed by atoms with Crippen LogP contribution >= 0.6 is 0 Å². The molecule has 0 spiro atoms. The number of tetrazole rings is 1. The van der Waals surface area contributed by atoms with Crippen molar-refractivity contribution in [3.63, 3.8) is 0 Å². The van der Waals surface area contributed by atoms with E-state index < -0.39 is 23.3 Å². The number of amides is 1. The van der Waals surface area contributed by atoms with Gasteiger partial charge in [-0.1, -0.05) is 43.7 Å². The van der Waals surface area contributed by atoms with Gasteiger partial charge in [-0.25, -0.2) is 4.79 Å². The molecule has 11 nitrogen and oxygen atoms in total. The van der Waals surface area contributed by atoms with Gasteiger partial charge in [0.25, 0.3) is 11.5 Å². The fourth-order valence-corrected chi connectivity index (χ4v) is 3.08. The third-order valence-corrected chi connectivity index (χ3v) is 4.65. The van der Waals surface area contributed by atoms with Crippen LogP contribution in [0.5, 0.6) is 0 Å². The Kier molecular flexibility index (Phi) is 6.44. The molecule has 0 aliphatic heterocycles. The van der Waals surface area contributed by atoms with E-state index in [4.69, 9.17) is 5.73 Å². The summed E-state index contributed by atoms with van der Waals surface area (Å²) in [6.07, 6.45) is 0.283. The number of benzene rings is 1. The largest absolute Gasteiger partial charge is 0.386 e. The van der Waals surface area contributed by atoms with E-state index in [1.54, 1.807) is 0 Å². The Morgan fingerprint density at radius 3 is 2.45 bits per heavy atom. The highest BCUT2D eigenvalue weighted by Crippen LogP contribution is 2.14. The number of aliphatic hydroxyl groups is 1. The van der Waals surface area contributed by atoms with Crippen LogP contribution < -0.4 is 17.0 Å². The molecule has 2 heterocycles. The lowest BCUT2D eigenvalue weighted by Gasteiger charge is -2.12. The molecule has 0 unspecified atom stereocenters. The number of primary amides is 1. The third-order valence-electron chi connectivity index (χ3n) is 4.65. The lowest BCUT2D eigenvalue weighted by Crippen LogP contribution is -2.44. The molecule has 2 aromatic heterocycles. The van der Waals surface area contributed by atoms with Crippen molar-refractivity contribution in [1.29, 1.82) is 0 Å². The van der Waals surface area contributed by atoms with Gasteiger partial charge in [-0.3, -0.25) is 18.7 Å². The fourth-order valence-electron chi connectivity index (χ4n) is 3.08. The normalized spacial score (nSPS) is 12.3. The summed E-state index contributed by atoms with van der Waals surface area (Å²) >= 11 is 0. The molecule has 3 rings (SSSR count). The SMILES string of the molecule is Cc1ccc([C@@H](O)Cn2nnc(Cn3cc(C(N)=O)c(=O)n(CC(C)C)c3=O)n2)cc1. The van der Waals surface area contributed by atoms with Gasteiger partial charge in [0.15, 0.2) is 5.82 Å². The average Bonchev–Trinajstić information content (AvgIpc) is 3.14. The lowest BCUT2D eigenvalue weighted by molar-refractivity contribution is 0.0996. The monoisotopic (exact) mass is 427 g/mol. The summed E-state index contributed by atoms with van der Waals surface area (Å²) in [7, 11) is 0. The van der Waals surface area contributed by atoms with Crippen molar-refractivity contribution in [1.82, 2.24) is 29.3 Å². The minimum Gasteiger partial charge on any atom is -0.386 e. The predicted octanol–water partition coefficient (Wildman–Crippen LogP) is -0.158. The van der Waals surface area contributed by atoms with Crippen LogP contribution in [0.2, 0.25) is 0 Å². The van der Waals surface area contributed by atoms with Crippen LogP contribution in [0.1, 0.15) is 47.3 Å². The number of rotatable bonds is 8. The number of nitrogens with zero attached hydrogens (tertiary/aromatic N) is 6. The number of carbonyl (C=O) groups excluding carboxylic acids is 1. The van der Waals surface area contributed by atoms with Gasteiger partial charge >= 0.3 is 5.69 Å². The number of nitrogens with two attached hydrogens (primary N) is 1. The summed E-state index contributed by atoms with van der Waals surface area (Å²) in [5.41, 5.74) is 5.49. The molecule has 3 aromatic rings. The molecule has 0 aliphatic carbocycles. The van der Waals surface area contributed by atoms with Crippen LogP contribution in [-0.2, 0) is 19.6 Å². The van der Waals surface area contributed by atoms with Crippen LogP contribution in [0.4, 0.5) is 0 Å². The zero-order valence-corrected chi connectivity index (χ0v) is 17.6. The summed E-state index contributed by atoms with van der Waals surface area (Å²) in [6, 6.07) is 7.43. The molecule has 0 radical (unpaired) electrons. The molecule has 1 aromatic carbocycles. The zero-order chi connectivity index (χ0) is 22.7. The number of hydrogen-bond donors (Lipinski definition) is 2. The first-order valence-corrected chi connectivity index (χ1v) is 9.81. The standard InChI is InChI=1S/C20H25N7O4/c1-12(2)8-26-19(30)15(18(21)29)9-25(20(26)31)11-17-22-24-27(23-17)10-16(28)14-6-4-13(3)5-7-14/h4-7,9,12,16,28H,8,10-11H2,1-3H3,(H2,21,29)/t16-/m0/s1. The summed E-state index contributed by atoms with van der Waals surface area (Å²) in [5.74, 6) is -0.735. The zero-order valence-electron chi connectivity index (χ0n) is 17.6. The van der Waals surface area contributed by atoms with Crippen molar-refractivity contribution < 1.29 is 9.90 Å². The van der Waals surface area contributed by atoms with E-state index in [1.807, 2.05) is 45.0 Å². The molecule has 0 fully saturated rings. The molecule has 0 saturated carbocycles. The van der Waals surface area contributed by atoms with E-state index in [-0.39, 0.29) is 36.9 Å². The second kappa shape index (κ2) is 9.04. The van der Waals surface area contributed by atoms with Gasteiger partial charge in [0.05, 0.1) is 13.1 Å². The summed E-state index contributed by atoms with van der Waals surface area (Å²) in [5, 5.41) is 22.4. The Morgan fingerprint density at radius 1 is 1.16 bits per heavy atom. The molecule has 0 bridgehead atoms. The second-order valence-corrected chi connectivity index (χ2v) is 7.81. The average molecular weight is 427 g/mol. The van der Waals surface area contributed by atoms with Crippen molar-refractivity contribution in [3.8, 4) is 0 Å². The molecule has 31 heavy (non-hydrogen) atoms. The van der Waals surface area contributed by atoms with Crippen LogP contribution in [0, 0.1) is 12.8 Å². The molecule has 0 aliphatic rings. The van der Waals surface area contributed by atoms with Gasteiger partial charge in [-0.15, -0.1) is 10.2 Å².